The molecule has 0 aromatic heterocycles. The second-order valence-electron chi connectivity index (χ2n) is 10.5. The van der Waals surface area contributed by atoms with E-state index in [0.717, 1.165) is 43.7 Å². The van der Waals surface area contributed by atoms with Crippen LogP contribution in [0.25, 0.3) is 0 Å². The summed E-state index contributed by atoms with van der Waals surface area (Å²) in [6, 6.07) is 14.2. The van der Waals surface area contributed by atoms with Crippen molar-refractivity contribution in [3.8, 4) is 0 Å². The first-order valence-corrected chi connectivity index (χ1v) is 16.5. The summed E-state index contributed by atoms with van der Waals surface area (Å²) in [6.07, 6.45) is 4.27. The van der Waals surface area contributed by atoms with E-state index in [1.165, 1.54) is 36.4 Å². The number of quaternary nitrogens is 1. The second-order valence-corrected chi connectivity index (χ2v) is 14.3. The Hall–Kier alpha value is -3.26. The van der Waals surface area contributed by atoms with Gasteiger partial charge in [-0.1, -0.05) is 12.1 Å². The number of sulfonamides is 1. The lowest BCUT2D eigenvalue weighted by molar-refractivity contribution is -0.934. The molecule has 0 bridgehead atoms. The van der Waals surface area contributed by atoms with Crippen molar-refractivity contribution in [1.29, 1.82) is 0 Å². The molecule has 0 unspecified atom stereocenters. The van der Waals surface area contributed by atoms with E-state index in [4.69, 9.17) is 0 Å². The first-order valence-electron chi connectivity index (χ1n) is 13.1. The number of nitrogens with one attached hydrogen (secondary N) is 1. The van der Waals surface area contributed by atoms with Crippen LogP contribution in [0.5, 0.6) is 0 Å². The highest BCUT2D eigenvalue weighted by Crippen LogP contribution is 2.32. The molecule has 3 aromatic rings. The van der Waals surface area contributed by atoms with Gasteiger partial charge in [0.25, 0.3) is 5.69 Å². The highest BCUT2D eigenvalue weighted by Gasteiger charge is 2.33. The van der Waals surface area contributed by atoms with E-state index in [0.29, 0.717) is 41.7 Å². The Morgan fingerprint density at radius 3 is 1.95 bits per heavy atom. The van der Waals surface area contributed by atoms with Crippen LogP contribution >= 0.6 is 0 Å². The zero-order valence-corrected chi connectivity index (χ0v) is 24.1. The van der Waals surface area contributed by atoms with Crippen LogP contribution in [0.4, 0.5) is 14.5 Å². The highest BCUT2D eigenvalue weighted by molar-refractivity contribution is 7.90. The van der Waals surface area contributed by atoms with Crippen LogP contribution in [0, 0.1) is 21.7 Å². The fraction of sp³-hybridized carbons (Fsp3) is 0.357. The maximum Gasteiger partial charge on any atom is 0.269 e. The second kappa shape index (κ2) is 12.3. The molecule has 0 radical (unpaired) electrons. The van der Waals surface area contributed by atoms with Gasteiger partial charge in [0, 0.05) is 36.8 Å². The van der Waals surface area contributed by atoms with Gasteiger partial charge in [-0.25, -0.2) is 25.6 Å². The number of nitro groups is 1. The van der Waals surface area contributed by atoms with Crippen molar-refractivity contribution in [1.82, 2.24) is 4.72 Å². The van der Waals surface area contributed by atoms with Crippen LogP contribution in [0.3, 0.4) is 0 Å². The van der Waals surface area contributed by atoms with Crippen LogP contribution in [0.2, 0.25) is 0 Å². The lowest BCUT2D eigenvalue weighted by atomic mass is 9.87. The minimum Gasteiger partial charge on any atom is -0.310 e. The summed E-state index contributed by atoms with van der Waals surface area (Å²) in [7, 11) is -7.39. The summed E-state index contributed by atoms with van der Waals surface area (Å²) < 4.78 is 81.6. The van der Waals surface area contributed by atoms with Gasteiger partial charge in [0.05, 0.1) is 34.3 Å². The molecule has 1 aliphatic rings. The number of benzene rings is 3. The molecule has 3 aromatic carbocycles. The average molecular weight is 609 g/mol. The van der Waals surface area contributed by atoms with Gasteiger partial charge >= 0.3 is 0 Å². The molecule has 0 spiro atoms. The number of nitrogens with zero attached hydrogens (tertiary/aromatic N) is 2. The monoisotopic (exact) mass is 608 g/mol. The van der Waals surface area contributed by atoms with Crippen molar-refractivity contribution < 1.29 is 35.0 Å². The number of hydrogen-bond donors (Lipinski definition) is 1. The summed E-state index contributed by atoms with van der Waals surface area (Å²) in [5.41, 5.74) is 0.869. The molecule has 220 valence electrons. The van der Waals surface area contributed by atoms with Gasteiger partial charge in [0.2, 0.25) is 10.0 Å². The van der Waals surface area contributed by atoms with E-state index in [2.05, 4.69) is 4.72 Å². The summed E-state index contributed by atoms with van der Waals surface area (Å²) >= 11 is 0. The number of halogens is 2. The molecule has 0 saturated carbocycles. The molecule has 41 heavy (non-hydrogen) atoms. The van der Waals surface area contributed by atoms with Crippen LogP contribution in [-0.4, -0.2) is 58.8 Å². The number of nitro benzene ring substituents is 1. The standard InChI is InChI=1S/C28H32F2N3O6S2/c1-40(36,37)26-9-5-21(6-10-26)28(22-17-23(29)19-24(30)18-22)13-16-33(14-3-2-4-15-33)20-31-41(38,39)27-11-7-25(8-12-27)32(34)35/h5-12,17-19,28,31H,2-4,13-16,20H2,1H3/q+1/t28-/m1/s1. The lowest BCUT2D eigenvalue weighted by Crippen LogP contribution is -2.57. The van der Waals surface area contributed by atoms with Gasteiger partial charge in [0.1, 0.15) is 18.3 Å². The lowest BCUT2D eigenvalue weighted by Gasteiger charge is -2.42. The molecule has 0 aliphatic carbocycles. The minimum absolute atomic E-state index is 0.0799. The van der Waals surface area contributed by atoms with E-state index in [1.54, 1.807) is 12.1 Å². The fourth-order valence-corrected chi connectivity index (χ4v) is 7.08. The third kappa shape index (κ3) is 7.73. The molecule has 1 aliphatic heterocycles. The molecule has 9 nitrogen and oxygen atoms in total. The van der Waals surface area contributed by atoms with E-state index in [-0.39, 0.29) is 22.1 Å². The Morgan fingerprint density at radius 1 is 0.854 bits per heavy atom. The zero-order chi connectivity index (χ0) is 29.8. The first-order chi connectivity index (χ1) is 19.3. The summed E-state index contributed by atoms with van der Waals surface area (Å²) in [5, 5.41) is 10.9. The van der Waals surface area contributed by atoms with Gasteiger partial charge < -0.3 is 4.48 Å². The number of piperidine rings is 1. The first kappa shape index (κ1) is 30.7. The highest BCUT2D eigenvalue weighted by atomic mass is 32.2. The van der Waals surface area contributed by atoms with Gasteiger partial charge in [-0.2, -0.15) is 4.72 Å². The maximum absolute atomic E-state index is 14.2. The Morgan fingerprint density at radius 2 is 1.41 bits per heavy atom. The SMILES string of the molecule is CS(=O)(=O)c1ccc([C@@H](CC[N+]2(CNS(=O)(=O)c3ccc([N+](=O)[O-])cc3)CCCCC2)c2cc(F)cc(F)c2)cc1. The number of hydrogen-bond acceptors (Lipinski definition) is 6. The number of likely N-dealkylation sites (tertiary alicyclic amines) is 1. The summed E-state index contributed by atoms with van der Waals surface area (Å²) in [5.74, 6) is -1.93. The summed E-state index contributed by atoms with van der Waals surface area (Å²) in [4.78, 5) is 10.4. The molecule has 1 atom stereocenters. The largest absolute Gasteiger partial charge is 0.310 e. The minimum atomic E-state index is -3.96. The van der Waals surface area contributed by atoms with Crippen molar-refractivity contribution in [3.63, 3.8) is 0 Å². The van der Waals surface area contributed by atoms with Gasteiger partial charge in [-0.3, -0.25) is 10.1 Å². The molecular weight excluding hydrogens is 576 g/mol. The Bertz CT molecular complexity index is 1590. The number of sulfone groups is 1. The van der Waals surface area contributed by atoms with Crippen LogP contribution < -0.4 is 4.72 Å². The average Bonchev–Trinajstić information content (AvgIpc) is 2.92. The molecule has 1 N–H and O–H groups in total. The zero-order valence-electron chi connectivity index (χ0n) is 22.5. The van der Waals surface area contributed by atoms with E-state index in [1.807, 2.05) is 0 Å². The summed E-state index contributed by atoms with van der Waals surface area (Å²) in [6.45, 7) is 1.95. The van der Waals surface area contributed by atoms with Crippen molar-refractivity contribution in [2.24, 2.45) is 0 Å². The van der Waals surface area contributed by atoms with Crippen molar-refractivity contribution in [2.75, 3.05) is 32.6 Å². The van der Waals surface area contributed by atoms with E-state index >= 15 is 0 Å². The number of non-ortho nitro benzene ring substituents is 1. The topological polar surface area (TPSA) is 123 Å². The Balaban J connectivity index is 1.59. The normalized spacial score (nSPS) is 16.3. The predicted octanol–water partition coefficient (Wildman–Crippen LogP) is 4.74. The van der Waals surface area contributed by atoms with Gasteiger partial charge in [-0.05, 0) is 66.8 Å². The maximum atomic E-state index is 14.2. The Kier molecular flexibility index (Phi) is 9.22. The van der Waals surface area contributed by atoms with Gasteiger partial charge in [-0.15, -0.1) is 0 Å². The quantitative estimate of drug-likeness (QED) is 0.191. The fourth-order valence-electron chi connectivity index (χ4n) is 5.35. The smallest absolute Gasteiger partial charge is 0.269 e. The van der Waals surface area contributed by atoms with Crippen molar-refractivity contribution in [3.05, 3.63) is 99.6 Å². The van der Waals surface area contributed by atoms with Crippen LogP contribution in [0.15, 0.2) is 76.5 Å². The van der Waals surface area contributed by atoms with Crippen LogP contribution in [0.1, 0.15) is 42.7 Å². The molecular formula is C28H32F2N3O6S2+. The molecule has 0 amide bonds. The molecule has 1 heterocycles. The molecule has 1 saturated heterocycles. The van der Waals surface area contributed by atoms with Crippen molar-refractivity contribution >= 4 is 25.5 Å². The predicted molar refractivity (Wildman–Crippen MR) is 149 cm³/mol. The van der Waals surface area contributed by atoms with E-state index in [9.17, 15) is 35.7 Å². The molecule has 4 rings (SSSR count). The number of rotatable bonds is 11. The van der Waals surface area contributed by atoms with E-state index < -0.39 is 42.3 Å². The third-order valence-electron chi connectivity index (χ3n) is 7.60. The van der Waals surface area contributed by atoms with Crippen molar-refractivity contribution in [2.45, 2.75) is 41.4 Å². The molecule has 13 heteroatoms. The Labute approximate surface area is 238 Å². The van der Waals surface area contributed by atoms with Gasteiger partial charge in [0.15, 0.2) is 9.84 Å². The van der Waals surface area contributed by atoms with Crippen LogP contribution in [-0.2, 0) is 19.9 Å². The molecule has 1 fully saturated rings. The third-order valence-corrected chi connectivity index (χ3v) is 10.1.